The minimum Gasteiger partial charge on any atom is -0.495 e. The van der Waals surface area contributed by atoms with Gasteiger partial charge in [0.05, 0.1) is 18.2 Å². The monoisotopic (exact) mass is 385 g/mol. The third-order valence-corrected chi connectivity index (χ3v) is 4.96. The first-order valence-electron chi connectivity index (χ1n) is 7.76. The number of anilines is 2. The van der Waals surface area contributed by atoms with Crippen LogP contribution in [-0.2, 0) is 0 Å². The third-order valence-electron chi connectivity index (χ3n) is 3.92. The molecule has 0 saturated carbocycles. The Morgan fingerprint density at radius 2 is 1.85 bits per heavy atom. The van der Waals surface area contributed by atoms with Gasteiger partial charge >= 0.3 is 0 Å². The highest BCUT2D eigenvalue weighted by Crippen LogP contribution is 2.39. The summed E-state index contributed by atoms with van der Waals surface area (Å²) in [6.45, 7) is 0. The van der Waals surface area contributed by atoms with Crippen molar-refractivity contribution in [3.63, 3.8) is 0 Å². The summed E-state index contributed by atoms with van der Waals surface area (Å²) >= 11 is 7.56. The molecule has 130 valence electrons. The molecule has 4 nitrogen and oxygen atoms in total. The third kappa shape index (κ3) is 3.09. The molecule has 4 aromatic rings. The fraction of sp³-hybridized carbons (Fsp3) is 0.0526. The molecule has 0 spiro atoms. The number of halogens is 2. The van der Waals surface area contributed by atoms with Crippen LogP contribution in [0.3, 0.4) is 0 Å². The van der Waals surface area contributed by atoms with E-state index in [0.717, 1.165) is 27.0 Å². The summed E-state index contributed by atoms with van der Waals surface area (Å²) in [5.74, 6) is 0.985. The van der Waals surface area contributed by atoms with Crippen molar-refractivity contribution in [2.45, 2.75) is 0 Å². The zero-order valence-electron chi connectivity index (χ0n) is 13.7. The summed E-state index contributed by atoms with van der Waals surface area (Å²) in [7, 11) is 1.61. The van der Waals surface area contributed by atoms with Gasteiger partial charge < -0.3 is 10.1 Å². The van der Waals surface area contributed by atoms with Crippen molar-refractivity contribution < 1.29 is 9.13 Å². The van der Waals surface area contributed by atoms with Gasteiger partial charge in [0.25, 0.3) is 0 Å². The first kappa shape index (κ1) is 16.8. The van der Waals surface area contributed by atoms with E-state index in [4.69, 9.17) is 16.3 Å². The van der Waals surface area contributed by atoms with E-state index in [2.05, 4.69) is 15.3 Å². The normalized spacial score (nSPS) is 10.9. The number of nitrogens with zero attached hydrogens (tertiary/aromatic N) is 2. The topological polar surface area (TPSA) is 47.0 Å². The van der Waals surface area contributed by atoms with E-state index in [9.17, 15) is 4.39 Å². The van der Waals surface area contributed by atoms with Gasteiger partial charge in [-0.05, 0) is 41.4 Å². The number of para-hydroxylation sites is 2. The van der Waals surface area contributed by atoms with Gasteiger partial charge in [-0.1, -0.05) is 24.3 Å². The molecule has 4 rings (SSSR count). The molecule has 0 aliphatic heterocycles. The van der Waals surface area contributed by atoms with Crippen LogP contribution in [0.2, 0.25) is 5.28 Å². The van der Waals surface area contributed by atoms with E-state index in [1.165, 1.54) is 23.5 Å². The van der Waals surface area contributed by atoms with Crippen LogP contribution < -0.4 is 10.1 Å². The number of benzene rings is 2. The highest BCUT2D eigenvalue weighted by molar-refractivity contribution is 7.17. The lowest BCUT2D eigenvalue weighted by atomic mass is 10.1. The van der Waals surface area contributed by atoms with Crippen LogP contribution in [0, 0.1) is 5.82 Å². The number of aromatic nitrogens is 2. The molecule has 0 unspecified atom stereocenters. The second kappa shape index (κ2) is 6.90. The number of rotatable bonds is 4. The summed E-state index contributed by atoms with van der Waals surface area (Å²) in [6, 6.07) is 13.9. The van der Waals surface area contributed by atoms with Crippen LogP contribution >= 0.6 is 22.9 Å². The zero-order chi connectivity index (χ0) is 18.1. The first-order valence-corrected chi connectivity index (χ1v) is 9.02. The number of nitrogens with one attached hydrogen (secondary N) is 1. The Balaban J connectivity index is 1.88. The molecule has 0 amide bonds. The predicted molar refractivity (Wildman–Crippen MR) is 104 cm³/mol. The molecule has 2 aromatic heterocycles. The molecule has 7 heteroatoms. The Kier molecular flexibility index (Phi) is 4.44. The number of ether oxygens (including phenoxy) is 1. The van der Waals surface area contributed by atoms with Crippen LogP contribution in [0.15, 0.2) is 53.9 Å². The largest absolute Gasteiger partial charge is 0.495 e. The zero-order valence-corrected chi connectivity index (χ0v) is 15.2. The van der Waals surface area contributed by atoms with Crippen molar-refractivity contribution in [1.29, 1.82) is 0 Å². The lowest BCUT2D eigenvalue weighted by molar-refractivity contribution is 0.417. The lowest BCUT2D eigenvalue weighted by Gasteiger charge is -2.12. The van der Waals surface area contributed by atoms with Crippen LogP contribution in [-0.4, -0.2) is 17.1 Å². The van der Waals surface area contributed by atoms with Gasteiger partial charge in [-0.15, -0.1) is 11.3 Å². The highest BCUT2D eigenvalue weighted by Gasteiger charge is 2.16. The molecule has 2 aromatic carbocycles. The number of methoxy groups -OCH3 is 1. The van der Waals surface area contributed by atoms with Gasteiger partial charge in [0.2, 0.25) is 5.28 Å². The summed E-state index contributed by atoms with van der Waals surface area (Å²) in [5, 5.41) is 6.24. The lowest BCUT2D eigenvalue weighted by Crippen LogP contribution is -1.98. The number of fused-ring (bicyclic) bond motifs is 1. The standard InChI is InChI=1S/C19H13ClFN3OS/c1-25-15-5-3-2-4-14(15)22-17-16-13(11-6-8-12(21)9-7-11)10-26-18(16)24-19(20)23-17/h2-10H,1H3,(H,22,23,24). The van der Waals surface area contributed by atoms with Gasteiger partial charge in [0.1, 0.15) is 22.2 Å². The maximum Gasteiger partial charge on any atom is 0.225 e. The molecule has 0 aliphatic rings. The molecule has 26 heavy (non-hydrogen) atoms. The van der Waals surface area contributed by atoms with E-state index in [1.54, 1.807) is 19.2 Å². The molecule has 0 radical (unpaired) electrons. The van der Waals surface area contributed by atoms with Gasteiger partial charge in [0.15, 0.2) is 0 Å². The van der Waals surface area contributed by atoms with Crippen molar-refractivity contribution >= 4 is 44.7 Å². The average Bonchev–Trinajstić information content (AvgIpc) is 3.06. The maximum absolute atomic E-state index is 13.3. The van der Waals surface area contributed by atoms with E-state index < -0.39 is 0 Å². The maximum atomic E-state index is 13.3. The molecule has 0 fully saturated rings. The Morgan fingerprint density at radius 3 is 2.62 bits per heavy atom. The Labute approximate surface area is 158 Å². The van der Waals surface area contributed by atoms with Gasteiger partial charge in [-0.3, -0.25) is 0 Å². The summed E-state index contributed by atoms with van der Waals surface area (Å²) in [5.41, 5.74) is 2.56. The van der Waals surface area contributed by atoms with E-state index in [-0.39, 0.29) is 11.1 Å². The SMILES string of the molecule is COc1ccccc1Nc1nc(Cl)nc2scc(-c3ccc(F)cc3)c12. The van der Waals surface area contributed by atoms with Crippen molar-refractivity contribution in [2.24, 2.45) is 0 Å². The number of hydrogen-bond donors (Lipinski definition) is 1. The summed E-state index contributed by atoms with van der Waals surface area (Å²) in [6.07, 6.45) is 0. The predicted octanol–water partition coefficient (Wildman–Crippen LogP) is 5.90. The van der Waals surface area contributed by atoms with E-state index in [1.807, 2.05) is 29.6 Å². The van der Waals surface area contributed by atoms with E-state index >= 15 is 0 Å². The molecule has 0 bridgehead atoms. The Hall–Kier alpha value is -2.70. The fourth-order valence-corrected chi connectivity index (χ4v) is 3.89. The second-order valence-corrected chi connectivity index (χ2v) is 6.70. The second-order valence-electron chi connectivity index (χ2n) is 5.50. The van der Waals surface area contributed by atoms with Gasteiger partial charge in [-0.2, -0.15) is 4.98 Å². The molecule has 0 atom stereocenters. The van der Waals surface area contributed by atoms with Crippen molar-refractivity contribution in [3.05, 3.63) is 65.0 Å². The smallest absolute Gasteiger partial charge is 0.225 e. The quantitative estimate of drug-likeness (QED) is 0.444. The molecule has 1 N–H and O–H groups in total. The van der Waals surface area contributed by atoms with E-state index in [0.29, 0.717) is 11.6 Å². The van der Waals surface area contributed by atoms with Crippen molar-refractivity contribution in [1.82, 2.24) is 9.97 Å². The van der Waals surface area contributed by atoms with Gasteiger partial charge in [-0.25, -0.2) is 9.37 Å². The Bertz CT molecular complexity index is 1080. The minimum absolute atomic E-state index is 0.155. The first-order chi connectivity index (χ1) is 12.7. The van der Waals surface area contributed by atoms with Gasteiger partial charge in [0, 0.05) is 10.9 Å². The van der Waals surface area contributed by atoms with Crippen LogP contribution in [0.5, 0.6) is 5.75 Å². The summed E-state index contributed by atoms with van der Waals surface area (Å²) < 4.78 is 18.7. The van der Waals surface area contributed by atoms with Crippen LogP contribution in [0.25, 0.3) is 21.3 Å². The van der Waals surface area contributed by atoms with Crippen molar-refractivity contribution in [3.8, 4) is 16.9 Å². The average molecular weight is 386 g/mol. The summed E-state index contributed by atoms with van der Waals surface area (Å²) in [4.78, 5) is 9.43. The Morgan fingerprint density at radius 1 is 1.08 bits per heavy atom. The van der Waals surface area contributed by atoms with Crippen molar-refractivity contribution in [2.75, 3.05) is 12.4 Å². The fourth-order valence-electron chi connectivity index (χ4n) is 2.72. The molecule has 0 saturated heterocycles. The highest BCUT2D eigenvalue weighted by atomic mass is 35.5. The van der Waals surface area contributed by atoms with Crippen LogP contribution in [0.4, 0.5) is 15.9 Å². The number of hydrogen-bond acceptors (Lipinski definition) is 5. The molecular formula is C19H13ClFN3OS. The molecular weight excluding hydrogens is 373 g/mol. The molecule has 0 aliphatic carbocycles. The molecule has 2 heterocycles. The minimum atomic E-state index is -0.278. The van der Waals surface area contributed by atoms with Crippen LogP contribution in [0.1, 0.15) is 0 Å². The number of thiophene rings is 1.